The van der Waals surface area contributed by atoms with Gasteiger partial charge < -0.3 is 4.90 Å². The Labute approximate surface area is 135 Å². The van der Waals surface area contributed by atoms with Gasteiger partial charge >= 0.3 is 0 Å². The minimum absolute atomic E-state index is 0.00745. The van der Waals surface area contributed by atoms with Gasteiger partial charge in [0.25, 0.3) is 5.91 Å². The first-order valence-corrected chi connectivity index (χ1v) is 8.60. The van der Waals surface area contributed by atoms with Crippen molar-refractivity contribution in [1.82, 2.24) is 9.80 Å². The number of nitrogens with zero attached hydrogens (tertiary/aromatic N) is 2. The van der Waals surface area contributed by atoms with Crippen LogP contribution in [0.2, 0.25) is 0 Å². The second-order valence-electron chi connectivity index (χ2n) is 7.25. The van der Waals surface area contributed by atoms with E-state index >= 15 is 0 Å². The zero-order valence-corrected chi connectivity index (χ0v) is 13.0. The van der Waals surface area contributed by atoms with Gasteiger partial charge in [-0.25, -0.2) is 0 Å². The molecule has 0 saturated carbocycles. The van der Waals surface area contributed by atoms with Crippen molar-refractivity contribution in [2.45, 2.75) is 18.9 Å². The highest BCUT2D eigenvalue weighted by Gasteiger charge is 2.51. The van der Waals surface area contributed by atoms with Crippen molar-refractivity contribution in [1.29, 1.82) is 0 Å². The van der Waals surface area contributed by atoms with E-state index in [1.54, 1.807) is 4.90 Å². The summed E-state index contributed by atoms with van der Waals surface area (Å²) < 4.78 is 0. The smallest absolute Gasteiger partial charge is 0.257 e. The molecule has 0 spiro atoms. The van der Waals surface area contributed by atoms with E-state index in [2.05, 4.69) is 4.90 Å². The highest BCUT2D eigenvalue weighted by Crippen LogP contribution is 2.43. The van der Waals surface area contributed by atoms with E-state index in [-0.39, 0.29) is 29.7 Å². The summed E-state index contributed by atoms with van der Waals surface area (Å²) in [6, 6.07) is 0.0630. The SMILES string of the molecule is O=C1C2=CC=CC3=CC=CC(C(=O)N1[C@@H]1CN4CCC1CC4)C32. The largest absolute Gasteiger partial charge is 0.301 e. The lowest BCUT2D eigenvalue weighted by Crippen LogP contribution is -2.63. The highest BCUT2D eigenvalue weighted by molar-refractivity contribution is 6.10. The minimum atomic E-state index is -0.209. The monoisotopic (exact) mass is 308 g/mol. The number of piperidine rings is 4. The van der Waals surface area contributed by atoms with E-state index < -0.39 is 0 Å². The molecule has 2 amide bonds. The normalized spacial score (nSPS) is 40.9. The lowest BCUT2D eigenvalue weighted by Gasteiger charge is -2.51. The van der Waals surface area contributed by atoms with E-state index in [1.807, 2.05) is 36.5 Å². The maximum absolute atomic E-state index is 13.1. The molecule has 23 heavy (non-hydrogen) atoms. The zero-order valence-electron chi connectivity index (χ0n) is 13.0. The number of likely N-dealkylation sites (tertiary alicyclic amines) is 1. The molecule has 6 rings (SSSR count). The third-order valence-electron chi connectivity index (χ3n) is 6.17. The number of allylic oxidation sites excluding steroid dienone is 6. The predicted octanol–water partition coefficient (Wildman–Crippen LogP) is 1.67. The molecule has 0 aromatic heterocycles. The molecule has 4 saturated heterocycles. The van der Waals surface area contributed by atoms with Gasteiger partial charge in [-0.05, 0) is 37.4 Å². The summed E-state index contributed by atoms with van der Waals surface area (Å²) in [6.45, 7) is 3.08. The van der Waals surface area contributed by atoms with Crippen LogP contribution in [0.1, 0.15) is 12.8 Å². The van der Waals surface area contributed by atoms with Crippen molar-refractivity contribution in [3.63, 3.8) is 0 Å². The second-order valence-corrected chi connectivity index (χ2v) is 7.25. The van der Waals surface area contributed by atoms with Crippen molar-refractivity contribution in [3.8, 4) is 0 Å². The number of hydrogen-bond donors (Lipinski definition) is 0. The van der Waals surface area contributed by atoms with E-state index in [9.17, 15) is 9.59 Å². The fourth-order valence-electron chi connectivity index (χ4n) is 4.98. The zero-order chi connectivity index (χ0) is 15.6. The van der Waals surface area contributed by atoms with Gasteiger partial charge in [-0.3, -0.25) is 14.5 Å². The Balaban J connectivity index is 1.56. The van der Waals surface area contributed by atoms with Crippen LogP contribution in [0.5, 0.6) is 0 Å². The molecule has 4 heteroatoms. The first kappa shape index (κ1) is 13.5. The predicted molar refractivity (Wildman–Crippen MR) is 86.2 cm³/mol. The molecule has 6 aliphatic rings. The first-order valence-electron chi connectivity index (χ1n) is 8.60. The van der Waals surface area contributed by atoms with Crippen LogP contribution in [-0.4, -0.2) is 47.3 Å². The van der Waals surface area contributed by atoms with Gasteiger partial charge in [0.1, 0.15) is 0 Å². The summed E-state index contributed by atoms with van der Waals surface area (Å²) in [5.74, 6) is 0.155. The Hall–Kier alpha value is -1.94. The number of carbonyl (C=O) groups excluding carboxylic acids is 2. The van der Waals surface area contributed by atoms with Gasteiger partial charge in [-0.15, -0.1) is 0 Å². The molecule has 118 valence electrons. The van der Waals surface area contributed by atoms with Crippen LogP contribution in [0, 0.1) is 17.8 Å². The van der Waals surface area contributed by atoms with Gasteiger partial charge in [0.05, 0.1) is 12.0 Å². The molecule has 0 radical (unpaired) electrons. The molecule has 0 aromatic carbocycles. The fourth-order valence-corrected chi connectivity index (χ4v) is 4.98. The molecular formula is C19H20N2O2. The van der Waals surface area contributed by atoms with Crippen LogP contribution >= 0.6 is 0 Å². The maximum atomic E-state index is 13.1. The minimum Gasteiger partial charge on any atom is -0.301 e. The van der Waals surface area contributed by atoms with Crippen molar-refractivity contribution < 1.29 is 9.59 Å². The summed E-state index contributed by atoms with van der Waals surface area (Å²) in [6.07, 6.45) is 14.1. The number of fused-ring (bicyclic) bond motifs is 3. The summed E-state index contributed by atoms with van der Waals surface area (Å²) in [4.78, 5) is 30.3. The van der Waals surface area contributed by atoms with Crippen LogP contribution in [0.3, 0.4) is 0 Å². The van der Waals surface area contributed by atoms with Gasteiger partial charge in [0, 0.05) is 18.0 Å². The second kappa shape index (κ2) is 4.78. The molecule has 3 atom stereocenters. The number of rotatable bonds is 1. The van der Waals surface area contributed by atoms with Crippen LogP contribution in [0.25, 0.3) is 0 Å². The number of carbonyl (C=O) groups is 2. The number of hydrogen-bond acceptors (Lipinski definition) is 3. The van der Waals surface area contributed by atoms with Crippen molar-refractivity contribution >= 4 is 11.8 Å². The van der Waals surface area contributed by atoms with Crippen molar-refractivity contribution in [3.05, 3.63) is 47.6 Å². The standard InChI is InChI=1S/C19H20N2O2/c22-18-14-5-1-3-13-4-2-6-15(17(13)14)19(23)21(18)16-11-20-9-7-12(16)8-10-20/h1-6,12,14,16-17H,7-11H2/t14?,16-,17?/m1/s1. The lowest BCUT2D eigenvalue weighted by molar-refractivity contribution is -0.156. The van der Waals surface area contributed by atoms with E-state index in [0.29, 0.717) is 5.92 Å². The Morgan fingerprint density at radius 3 is 2.61 bits per heavy atom. The maximum Gasteiger partial charge on any atom is 0.257 e. The van der Waals surface area contributed by atoms with Gasteiger partial charge in [0.2, 0.25) is 5.91 Å². The Bertz CT molecular complexity index is 707. The van der Waals surface area contributed by atoms with Gasteiger partial charge in [-0.2, -0.15) is 0 Å². The highest BCUT2D eigenvalue weighted by atomic mass is 16.2. The number of amides is 2. The van der Waals surface area contributed by atoms with E-state index in [0.717, 1.165) is 43.6 Å². The molecule has 0 N–H and O–H groups in total. The summed E-state index contributed by atoms with van der Waals surface area (Å²) in [5, 5.41) is 0. The molecule has 4 aliphatic heterocycles. The lowest BCUT2D eigenvalue weighted by atomic mass is 9.70. The summed E-state index contributed by atoms with van der Waals surface area (Å²) >= 11 is 0. The molecule has 2 unspecified atom stereocenters. The topological polar surface area (TPSA) is 40.6 Å². The van der Waals surface area contributed by atoms with Crippen molar-refractivity contribution in [2.75, 3.05) is 19.6 Å². The molecule has 4 nitrogen and oxygen atoms in total. The average molecular weight is 308 g/mol. The molecule has 4 heterocycles. The third-order valence-corrected chi connectivity index (χ3v) is 6.17. The fraction of sp³-hybridized carbons (Fsp3) is 0.474. The van der Waals surface area contributed by atoms with Gasteiger partial charge in [-0.1, -0.05) is 36.5 Å². The van der Waals surface area contributed by atoms with E-state index in [4.69, 9.17) is 0 Å². The quantitative estimate of drug-likeness (QED) is 0.692. The number of imide groups is 1. The Kier molecular flexibility index (Phi) is 2.80. The van der Waals surface area contributed by atoms with Crippen molar-refractivity contribution in [2.24, 2.45) is 17.8 Å². The van der Waals surface area contributed by atoms with E-state index in [1.165, 1.54) is 0 Å². The molecular weight excluding hydrogens is 288 g/mol. The summed E-state index contributed by atoms with van der Waals surface area (Å²) in [7, 11) is 0. The average Bonchev–Trinajstić information content (AvgIpc) is 2.61. The molecule has 0 aromatic rings. The Morgan fingerprint density at radius 1 is 1.04 bits per heavy atom. The van der Waals surface area contributed by atoms with Gasteiger partial charge in [0.15, 0.2) is 0 Å². The third kappa shape index (κ3) is 1.81. The van der Waals surface area contributed by atoms with Crippen LogP contribution in [0.4, 0.5) is 0 Å². The summed E-state index contributed by atoms with van der Waals surface area (Å²) in [5.41, 5.74) is 1.88. The molecule has 4 fully saturated rings. The van der Waals surface area contributed by atoms with Crippen LogP contribution < -0.4 is 0 Å². The molecule has 2 aliphatic carbocycles. The first-order chi connectivity index (χ1) is 11.2. The van der Waals surface area contributed by atoms with Crippen LogP contribution in [0.15, 0.2) is 47.6 Å². The van der Waals surface area contributed by atoms with Crippen LogP contribution in [-0.2, 0) is 9.59 Å². The molecule has 2 bridgehead atoms. The Morgan fingerprint density at radius 2 is 1.87 bits per heavy atom.